The van der Waals surface area contributed by atoms with Crippen LogP contribution < -0.4 is 10.6 Å². The van der Waals surface area contributed by atoms with Crippen molar-refractivity contribution < 1.29 is 13.2 Å². The van der Waals surface area contributed by atoms with Crippen molar-refractivity contribution in [2.75, 3.05) is 10.6 Å². The lowest BCUT2D eigenvalue weighted by atomic mass is 10.3. The fraction of sp³-hybridized carbons (Fsp3) is 0.333. The summed E-state index contributed by atoms with van der Waals surface area (Å²) in [7, 11) is 0. The summed E-state index contributed by atoms with van der Waals surface area (Å²) in [6.07, 6.45) is -3.87. The zero-order valence-electron chi connectivity index (χ0n) is 12.9. The van der Waals surface area contributed by atoms with E-state index in [4.69, 9.17) is 23.2 Å². The van der Waals surface area contributed by atoms with Crippen molar-refractivity contribution in [3.05, 3.63) is 40.0 Å². The third-order valence-corrected chi connectivity index (χ3v) is 3.58. The molecule has 2 N–H and O–H groups in total. The van der Waals surface area contributed by atoms with Gasteiger partial charge in [-0.05, 0) is 31.5 Å². The number of rotatable bonds is 5. The average Bonchev–Trinajstić information content (AvgIpc) is 2.44. The van der Waals surface area contributed by atoms with Gasteiger partial charge < -0.3 is 10.6 Å². The van der Waals surface area contributed by atoms with E-state index in [1.54, 1.807) is 0 Å². The number of anilines is 3. The van der Waals surface area contributed by atoms with E-state index < -0.39 is 11.9 Å². The molecule has 1 aromatic heterocycles. The summed E-state index contributed by atoms with van der Waals surface area (Å²) in [5.74, 6) is -0.115. The lowest BCUT2D eigenvalue weighted by Crippen LogP contribution is -2.18. The molecule has 0 amide bonds. The van der Waals surface area contributed by atoms with E-state index in [9.17, 15) is 13.2 Å². The van der Waals surface area contributed by atoms with Crippen LogP contribution >= 0.6 is 23.2 Å². The van der Waals surface area contributed by atoms with Crippen LogP contribution in [0.25, 0.3) is 0 Å². The Morgan fingerprint density at radius 2 is 1.71 bits per heavy atom. The molecule has 2 rings (SSSR count). The van der Waals surface area contributed by atoms with Gasteiger partial charge in [0.15, 0.2) is 5.69 Å². The highest BCUT2D eigenvalue weighted by molar-refractivity contribution is 6.35. The molecule has 0 unspecified atom stereocenters. The van der Waals surface area contributed by atoms with Crippen LogP contribution in [-0.4, -0.2) is 16.0 Å². The van der Waals surface area contributed by atoms with E-state index in [-0.39, 0.29) is 17.8 Å². The first-order chi connectivity index (χ1) is 11.2. The predicted octanol–water partition coefficient (Wildman–Crippen LogP) is 5.76. The molecular weight excluding hydrogens is 364 g/mol. The summed E-state index contributed by atoms with van der Waals surface area (Å²) in [6, 6.07) is 5.35. The van der Waals surface area contributed by atoms with Gasteiger partial charge in [0.1, 0.15) is 5.82 Å². The first kappa shape index (κ1) is 18.6. The normalized spacial score (nSPS) is 12.8. The number of halogens is 5. The van der Waals surface area contributed by atoms with E-state index in [0.29, 0.717) is 22.2 Å². The van der Waals surface area contributed by atoms with Crippen molar-refractivity contribution in [1.82, 2.24) is 9.97 Å². The molecule has 0 saturated carbocycles. The second-order valence-corrected chi connectivity index (χ2v) is 6.07. The number of nitrogens with one attached hydrogen (secondary N) is 2. The number of aromatic nitrogens is 2. The molecule has 1 atom stereocenters. The molecule has 0 fully saturated rings. The molecule has 9 heteroatoms. The lowest BCUT2D eigenvalue weighted by Gasteiger charge is -2.15. The Morgan fingerprint density at radius 3 is 2.25 bits per heavy atom. The molecule has 1 aromatic carbocycles. The van der Waals surface area contributed by atoms with Crippen molar-refractivity contribution in [3.8, 4) is 0 Å². The van der Waals surface area contributed by atoms with Gasteiger partial charge in [-0.1, -0.05) is 30.1 Å². The van der Waals surface area contributed by atoms with Gasteiger partial charge in [0, 0.05) is 27.8 Å². The fourth-order valence-corrected chi connectivity index (χ4v) is 2.34. The first-order valence-electron chi connectivity index (χ1n) is 7.13. The molecule has 0 saturated heterocycles. The molecule has 2 aromatic rings. The van der Waals surface area contributed by atoms with Gasteiger partial charge in [0.25, 0.3) is 0 Å². The van der Waals surface area contributed by atoms with Crippen molar-refractivity contribution in [3.63, 3.8) is 0 Å². The van der Waals surface area contributed by atoms with Crippen LogP contribution in [-0.2, 0) is 6.18 Å². The minimum Gasteiger partial charge on any atom is -0.352 e. The molecular formula is C15H15Cl2F3N4. The Morgan fingerprint density at radius 1 is 1.08 bits per heavy atom. The molecule has 130 valence electrons. The zero-order valence-corrected chi connectivity index (χ0v) is 14.4. The number of hydrogen-bond acceptors (Lipinski definition) is 4. The second-order valence-electron chi connectivity index (χ2n) is 5.20. The third kappa shape index (κ3) is 5.14. The van der Waals surface area contributed by atoms with Gasteiger partial charge in [0.05, 0.1) is 0 Å². The summed E-state index contributed by atoms with van der Waals surface area (Å²) < 4.78 is 39.1. The Kier molecular flexibility index (Phi) is 5.77. The van der Waals surface area contributed by atoms with Gasteiger partial charge >= 0.3 is 6.18 Å². The Bertz CT molecular complexity index is 702. The zero-order chi connectivity index (χ0) is 17.9. The monoisotopic (exact) mass is 378 g/mol. The summed E-state index contributed by atoms with van der Waals surface area (Å²) in [5, 5.41) is 6.32. The number of nitrogens with zero attached hydrogens (tertiary/aromatic N) is 2. The van der Waals surface area contributed by atoms with Crippen LogP contribution in [0.1, 0.15) is 26.0 Å². The maximum Gasteiger partial charge on any atom is 0.433 e. The minimum atomic E-state index is -4.59. The maximum absolute atomic E-state index is 13.0. The van der Waals surface area contributed by atoms with Gasteiger partial charge in [-0.15, -0.1) is 0 Å². The smallest absolute Gasteiger partial charge is 0.352 e. The van der Waals surface area contributed by atoms with E-state index in [0.717, 1.165) is 6.07 Å². The van der Waals surface area contributed by atoms with Crippen LogP contribution in [0.4, 0.5) is 30.6 Å². The van der Waals surface area contributed by atoms with Crippen molar-refractivity contribution in [1.29, 1.82) is 0 Å². The van der Waals surface area contributed by atoms with Crippen LogP contribution in [0.5, 0.6) is 0 Å². The van der Waals surface area contributed by atoms with E-state index >= 15 is 0 Å². The quantitative estimate of drug-likeness (QED) is 0.694. The van der Waals surface area contributed by atoms with E-state index in [2.05, 4.69) is 20.6 Å². The van der Waals surface area contributed by atoms with E-state index in [1.165, 1.54) is 18.2 Å². The third-order valence-electron chi connectivity index (χ3n) is 3.14. The van der Waals surface area contributed by atoms with Gasteiger partial charge in [0.2, 0.25) is 5.95 Å². The van der Waals surface area contributed by atoms with Crippen LogP contribution in [0.2, 0.25) is 10.0 Å². The predicted molar refractivity (Wildman–Crippen MR) is 90.2 cm³/mol. The molecule has 0 aliphatic heterocycles. The Balaban J connectivity index is 2.38. The van der Waals surface area contributed by atoms with E-state index in [1.807, 2.05) is 13.8 Å². The Labute approximate surface area is 147 Å². The SMILES string of the molecule is CC[C@H](C)Nc1nc(Nc2cc(Cl)cc(Cl)c2)cc(C(F)(F)F)n1. The molecule has 0 bridgehead atoms. The van der Waals surface area contributed by atoms with Crippen molar-refractivity contribution in [2.45, 2.75) is 32.5 Å². The molecule has 4 nitrogen and oxygen atoms in total. The van der Waals surface area contributed by atoms with Gasteiger partial charge in [-0.3, -0.25) is 0 Å². The maximum atomic E-state index is 13.0. The summed E-state index contributed by atoms with van der Waals surface area (Å²) >= 11 is 11.8. The topological polar surface area (TPSA) is 49.8 Å². The summed E-state index contributed by atoms with van der Waals surface area (Å²) in [6.45, 7) is 3.73. The highest BCUT2D eigenvalue weighted by atomic mass is 35.5. The molecule has 0 spiro atoms. The number of alkyl halides is 3. The second kappa shape index (κ2) is 7.44. The van der Waals surface area contributed by atoms with Crippen LogP contribution in [0.3, 0.4) is 0 Å². The highest BCUT2D eigenvalue weighted by Gasteiger charge is 2.33. The minimum absolute atomic E-state index is 0.0125. The largest absolute Gasteiger partial charge is 0.433 e. The fourth-order valence-electron chi connectivity index (χ4n) is 1.82. The van der Waals surface area contributed by atoms with Crippen LogP contribution in [0, 0.1) is 0 Å². The van der Waals surface area contributed by atoms with Gasteiger partial charge in [-0.25, -0.2) is 4.98 Å². The summed E-state index contributed by atoms with van der Waals surface area (Å²) in [5.41, 5.74) is -0.618. The Hall–Kier alpha value is -1.73. The molecule has 24 heavy (non-hydrogen) atoms. The van der Waals surface area contributed by atoms with Crippen molar-refractivity contribution in [2.24, 2.45) is 0 Å². The average molecular weight is 379 g/mol. The molecule has 0 aliphatic rings. The van der Waals surface area contributed by atoms with Crippen molar-refractivity contribution >= 4 is 40.7 Å². The molecule has 0 radical (unpaired) electrons. The van der Waals surface area contributed by atoms with Gasteiger partial charge in [-0.2, -0.15) is 18.2 Å². The number of hydrogen-bond donors (Lipinski definition) is 2. The molecule has 1 heterocycles. The highest BCUT2D eigenvalue weighted by Crippen LogP contribution is 2.31. The van der Waals surface area contributed by atoms with Crippen LogP contribution in [0.15, 0.2) is 24.3 Å². The number of benzene rings is 1. The molecule has 0 aliphatic carbocycles. The summed E-state index contributed by atoms with van der Waals surface area (Å²) in [4.78, 5) is 7.60. The standard InChI is InChI=1S/C15H15Cl2F3N4/c1-3-8(2)21-14-23-12(15(18,19)20)7-13(24-14)22-11-5-9(16)4-10(17)6-11/h4-8H,3H2,1-2H3,(H2,21,22,23,24)/t8-/m0/s1. The lowest BCUT2D eigenvalue weighted by molar-refractivity contribution is -0.141. The first-order valence-corrected chi connectivity index (χ1v) is 7.89.